The van der Waals surface area contributed by atoms with Gasteiger partial charge in [-0.3, -0.25) is 9.69 Å². The molecule has 37 heavy (non-hydrogen) atoms. The molecule has 0 bridgehead atoms. The summed E-state index contributed by atoms with van der Waals surface area (Å²) in [7, 11) is 0. The highest BCUT2D eigenvalue weighted by Crippen LogP contribution is 2.24. The molecule has 1 aromatic rings. The van der Waals surface area contributed by atoms with Crippen molar-refractivity contribution in [2.24, 2.45) is 0 Å². The van der Waals surface area contributed by atoms with Crippen molar-refractivity contribution in [2.75, 3.05) is 32.8 Å². The van der Waals surface area contributed by atoms with Gasteiger partial charge in [0.15, 0.2) is 0 Å². The summed E-state index contributed by atoms with van der Waals surface area (Å²) in [6.07, 6.45) is 5.98. The predicted octanol–water partition coefficient (Wildman–Crippen LogP) is 7.10. The largest absolute Gasteiger partial charge is 0.492 e. The maximum atomic E-state index is 12.5. The van der Waals surface area contributed by atoms with Crippen molar-refractivity contribution in [3.05, 3.63) is 29.8 Å². The first-order chi connectivity index (χ1) is 17.8. The van der Waals surface area contributed by atoms with Crippen molar-refractivity contribution < 1.29 is 32.5 Å². The number of rotatable bonds is 22. The zero-order chi connectivity index (χ0) is 27.4. The zero-order valence-corrected chi connectivity index (χ0v) is 22.9. The Hall–Kier alpha value is -1.80. The molecule has 1 aromatic carbocycles. The fraction of sp³-hybridized carbons (Fsp3) is 0.759. The minimum Gasteiger partial charge on any atom is -0.492 e. The number of unbranched alkanes of at least 4 members (excludes halogenated alkanes) is 9. The van der Waals surface area contributed by atoms with E-state index in [4.69, 9.17) is 14.6 Å². The Balaban J connectivity index is 2.35. The lowest BCUT2D eigenvalue weighted by molar-refractivity contribution is -0.205. The quantitative estimate of drug-likeness (QED) is 0.128. The highest BCUT2D eigenvalue weighted by molar-refractivity contribution is 5.69. The molecule has 0 saturated carbocycles. The number of hydrogen-bond acceptors (Lipinski definition) is 5. The van der Waals surface area contributed by atoms with Crippen molar-refractivity contribution in [1.82, 2.24) is 4.90 Å². The lowest BCUT2D eigenvalue weighted by Crippen LogP contribution is -2.32. The molecule has 1 unspecified atom stereocenters. The van der Waals surface area contributed by atoms with Gasteiger partial charge in [-0.15, -0.1) is 0 Å². The van der Waals surface area contributed by atoms with Crippen LogP contribution >= 0.6 is 0 Å². The first kappa shape index (κ1) is 33.2. The van der Waals surface area contributed by atoms with Gasteiger partial charge in [-0.1, -0.05) is 76.8 Å². The van der Waals surface area contributed by atoms with Gasteiger partial charge in [-0.2, -0.15) is 13.2 Å². The second kappa shape index (κ2) is 20.2. The van der Waals surface area contributed by atoms with Gasteiger partial charge in [0, 0.05) is 13.1 Å². The number of aliphatic hydroxyl groups excluding tert-OH is 1. The molecule has 5 nitrogen and oxygen atoms in total. The standard InChI is InChI=1S/C29H48F3NO4/c1-3-5-6-7-8-9-10-11-12-13-21-33(22-20-28(35)36-4-2)23-24-37-26-17-14-25(15-18-26)16-19-27(34)29(30,31)32/h14-15,17-18,27,34H,3-13,16,19-24H2,1-2H3. The molecule has 0 amide bonds. The topological polar surface area (TPSA) is 59.0 Å². The number of ether oxygens (including phenoxy) is 2. The normalized spacial score (nSPS) is 12.6. The van der Waals surface area contributed by atoms with Gasteiger partial charge in [0.1, 0.15) is 18.5 Å². The molecular formula is C29H48F3NO4. The fourth-order valence-electron chi connectivity index (χ4n) is 4.15. The summed E-state index contributed by atoms with van der Waals surface area (Å²) in [5.74, 6) is 0.451. The minimum absolute atomic E-state index is 0.140. The van der Waals surface area contributed by atoms with Crippen LogP contribution in [0, 0.1) is 0 Å². The van der Waals surface area contributed by atoms with Crippen molar-refractivity contribution in [3.8, 4) is 5.75 Å². The van der Waals surface area contributed by atoms with E-state index in [0.717, 1.165) is 13.0 Å². The number of nitrogens with zero attached hydrogens (tertiary/aromatic N) is 1. The van der Waals surface area contributed by atoms with E-state index < -0.39 is 12.3 Å². The Morgan fingerprint density at radius 1 is 0.892 bits per heavy atom. The number of alkyl halides is 3. The molecule has 0 spiro atoms. The molecule has 214 valence electrons. The van der Waals surface area contributed by atoms with Crippen LogP contribution in [0.25, 0.3) is 0 Å². The number of hydrogen-bond donors (Lipinski definition) is 1. The molecular weight excluding hydrogens is 483 g/mol. The molecule has 1 rings (SSSR count). The van der Waals surface area contributed by atoms with Crippen molar-refractivity contribution in [3.63, 3.8) is 0 Å². The smallest absolute Gasteiger partial charge is 0.414 e. The highest BCUT2D eigenvalue weighted by Gasteiger charge is 2.37. The molecule has 1 atom stereocenters. The Kier molecular flexibility index (Phi) is 18.1. The van der Waals surface area contributed by atoms with Crippen LogP contribution in [0.1, 0.15) is 96.5 Å². The highest BCUT2D eigenvalue weighted by atomic mass is 19.4. The Bertz CT molecular complexity index is 697. The van der Waals surface area contributed by atoms with Gasteiger partial charge < -0.3 is 14.6 Å². The third-order valence-corrected chi connectivity index (χ3v) is 6.45. The predicted molar refractivity (Wildman–Crippen MR) is 142 cm³/mol. The summed E-state index contributed by atoms with van der Waals surface area (Å²) >= 11 is 0. The van der Waals surface area contributed by atoms with Crippen LogP contribution in [0.2, 0.25) is 0 Å². The molecule has 0 aliphatic carbocycles. The summed E-state index contributed by atoms with van der Waals surface area (Å²) in [5, 5.41) is 9.15. The van der Waals surface area contributed by atoms with E-state index >= 15 is 0 Å². The second-order valence-corrected chi connectivity index (χ2v) is 9.67. The number of aryl methyl sites for hydroxylation is 1. The minimum atomic E-state index is -4.59. The third-order valence-electron chi connectivity index (χ3n) is 6.45. The second-order valence-electron chi connectivity index (χ2n) is 9.67. The molecule has 0 saturated heterocycles. The van der Waals surface area contributed by atoms with Crippen LogP contribution in [0.4, 0.5) is 13.2 Å². The number of carbonyl (C=O) groups is 1. The molecule has 0 heterocycles. The summed E-state index contributed by atoms with van der Waals surface area (Å²) < 4.78 is 48.3. The molecule has 8 heteroatoms. The Labute approximate surface area is 221 Å². The lowest BCUT2D eigenvalue weighted by atomic mass is 10.1. The van der Waals surface area contributed by atoms with Crippen molar-refractivity contribution >= 4 is 5.97 Å². The molecule has 0 aromatic heterocycles. The average molecular weight is 532 g/mol. The molecule has 0 fully saturated rings. The van der Waals surface area contributed by atoms with Crippen LogP contribution < -0.4 is 4.74 Å². The van der Waals surface area contributed by atoms with E-state index in [1.54, 1.807) is 31.2 Å². The van der Waals surface area contributed by atoms with Gasteiger partial charge in [0.25, 0.3) is 0 Å². The van der Waals surface area contributed by atoms with Crippen LogP contribution in [-0.4, -0.2) is 61.1 Å². The zero-order valence-electron chi connectivity index (χ0n) is 22.9. The maximum absolute atomic E-state index is 12.5. The maximum Gasteiger partial charge on any atom is 0.414 e. The van der Waals surface area contributed by atoms with Crippen LogP contribution in [0.15, 0.2) is 24.3 Å². The Morgan fingerprint density at radius 2 is 1.49 bits per heavy atom. The fourth-order valence-corrected chi connectivity index (χ4v) is 4.15. The molecule has 1 N–H and O–H groups in total. The van der Waals surface area contributed by atoms with Crippen molar-refractivity contribution in [1.29, 1.82) is 0 Å². The monoisotopic (exact) mass is 531 g/mol. The molecule has 0 aliphatic heterocycles. The van der Waals surface area contributed by atoms with E-state index in [1.165, 1.54) is 57.8 Å². The molecule has 0 radical (unpaired) electrons. The van der Waals surface area contributed by atoms with E-state index in [2.05, 4.69) is 11.8 Å². The summed E-state index contributed by atoms with van der Waals surface area (Å²) in [5.41, 5.74) is 0.715. The first-order valence-electron chi connectivity index (χ1n) is 14.1. The molecule has 0 aliphatic rings. The first-order valence-corrected chi connectivity index (χ1v) is 14.1. The van der Waals surface area contributed by atoms with Crippen LogP contribution in [0.5, 0.6) is 5.75 Å². The lowest BCUT2D eigenvalue weighted by Gasteiger charge is -2.22. The van der Waals surface area contributed by atoms with E-state index in [-0.39, 0.29) is 18.8 Å². The van der Waals surface area contributed by atoms with E-state index in [9.17, 15) is 18.0 Å². The third kappa shape index (κ3) is 17.4. The number of aliphatic hydroxyl groups is 1. The van der Waals surface area contributed by atoms with Gasteiger partial charge in [-0.25, -0.2) is 0 Å². The summed E-state index contributed by atoms with van der Waals surface area (Å²) in [6, 6.07) is 6.92. The van der Waals surface area contributed by atoms with Gasteiger partial charge in [0.2, 0.25) is 0 Å². The number of carbonyl (C=O) groups excluding carboxylic acids is 1. The van der Waals surface area contributed by atoms with Gasteiger partial charge in [0.05, 0.1) is 13.0 Å². The number of benzene rings is 1. The Morgan fingerprint density at radius 3 is 2.05 bits per heavy atom. The van der Waals surface area contributed by atoms with Gasteiger partial charge >= 0.3 is 12.1 Å². The summed E-state index contributed by atoms with van der Waals surface area (Å²) in [6.45, 7) is 7.08. The van der Waals surface area contributed by atoms with Crippen LogP contribution in [-0.2, 0) is 16.0 Å². The summed E-state index contributed by atoms with van der Waals surface area (Å²) in [4.78, 5) is 14.0. The number of esters is 1. The SMILES string of the molecule is CCCCCCCCCCCCN(CCOc1ccc(CCC(O)C(F)(F)F)cc1)CCC(=O)OCC. The number of halogens is 3. The average Bonchev–Trinajstić information content (AvgIpc) is 2.86. The van der Waals surface area contributed by atoms with Gasteiger partial charge in [-0.05, 0) is 50.4 Å². The van der Waals surface area contributed by atoms with Crippen LogP contribution in [0.3, 0.4) is 0 Å². The van der Waals surface area contributed by atoms with E-state index in [0.29, 0.717) is 44.0 Å². The van der Waals surface area contributed by atoms with Crippen molar-refractivity contribution in [2.45, 2.75) is 110 Å². The van der Waals surface area contributed by atoms with E-state index in [1.807, 2.05) is 0 Å².